The van der Waals surface area contributed by atoms with Gasteiger partial charge in [-0.15, -0.1) is 0 Å². The van der Waals surface area contributed by atoms with Crippen molar-refractivity contribution < 1.29 is 0 Å². The normalized spacial score (nSPS) is 22.0. The third-order valence-electron chi connectivity index (χ3n) is 4.82. The summed E-state index contributed by atoms with van der Waals surface area (Å²) in [6, 6.07) is 17.3. The van der Waals surface area contributed by atoms with Gasteiger partial charge in [0.25, 0.3) is 0 Å². The highest BCUT2D eigenvalue weighted by atomic mass is 15.2. The van der Waals surface area contributed by atoms with Gasteiger partial charge in [0.05, 0.1) is 11.0 Å². The molecule has 4 rings (SSSR count). The number of hydrogen-bond acceptors (Lipinski definition) is 3. The molecule has 2 atom stereocenters. The molecule has 2 heterocycles. The maximum atomic E-state index is 6.11. The summed E-state index contributed by atoms with van der Waals surface area (Å²) in [4.78, 5) is 6.90. The van der Waals surface area contributed by atoms with Crippen LogP contribution < -0.4 is 5.73 Å². The molecule has 3 aromatic rings. The van der Waals surface area contributed by atoms with Gasteiger partial charge in [0.1, 0.15) is 6.33 Å². The van der Waals surface area contributed by atoms with Gasteiger partial charge in [-0.1, -0.05) is 31.2 Å². The van der Waals surface area contributed by atoms with Gasteiger partial charge in [-0.2, -0.15) is 0 Å². The van der Waals surface area contributed by atoms with E-state index in [0.717, 1.165) is 36.4 Å². The summed E-state index contributed by atoms with van der Waals surface area (Å²) in [6.07, 6.45) is 1.89. The van der Waals surface area contributed by atoms with Crippen LogP contribution in [0.25, 0.3) is 16.7 Å². The highest BCUT2D eigenvalue weighted by Gasteiger charge is 2.26. The molecule has 1 aromatic heterocycles. The molecule has 2 N–H and O–H groups in total. The molecule has 0 aliphatic carbocycles. The molecule has 1 saturated heterocycles. The molecule has 1 aliphatic rings. The summed E-state index contributed by atoms with van der Waals surface area (Å²) in [5.41, 5.74) is 10.8. The van der Waals surface area contributed by atoms with E-state index in [9.17, 15) is 0 Å². The van der Waals surface area contributed by atoms with Crippen LogP contribution in [-0.4, -0.2) is 33.6 Å². The molecule has 0 amide bonds. The van der Waals surface area contributed by atoms with Gasteiger partial charge in [0.15, 0.2) is 0 Å². The van der Waals surface area contributed by atoms with Crippen LogP contribution in [0.4, 0.5) is 0 Å². The number of nitrogens with two attached hydrogens (primary N) is 1. The Hall–Kier alpha value is -2.17. The molecule has 2 aromatic carbocycles. The van der Waals surface area contributed by atoms with Crippen LogP contribution in [-0.2, 0) is 6.54 Å². The summed E-state index contributed by atoms with van der Waals surface area (Å²) < 4.78 is 2.13. The summed E-state index contributed by atoms with van der Waals surface area (Å²) >= 11 is 0. The summed E-state index contributed by atoms with van der Waals surface area (Å²) in [5.74, 6) is 0.589. The fourth-order valence-electron chi connectivity index (χ4n) is 3.41. The lowest BCUT2D eigenvalue weighted by atomic mass is 10.1. The fraction of sp³-hybridized carbons (Fsp3) is 0.316. The molecule has 118 valence electrons. The van der Waals surface area contributed by atoms with Gasteiger partial charge in [-0.3, -0.25) is 9.47 Å². The van der Waals surface area contributed by atoms with E-state index in [1.807, 2.05) is 24.5 Å². The van der Waals surface area contributed by atoms with Crippen LogP contribution in [0.15, 0.2) is 54.9 Å². The maximum absolute atomic E-state index is 6.11. The molecular weight excluding hydrogens is 284 g/mol. The van der Waals surface area contributed by atoms with Crippen LogP contribution >= 0.6 is 0 Å². The number of rotatable bonds is 3. The van der Waals surface area contributed by atoms with Gasteiger partial charge in [-0.25, -0.2) is 4.98 Å². The first-order valence-corrected chi connectivity index (χ1v) is 8.20. The Morgan fingerprint density at radius 1 is 1.09 bits per heavy atom. The van der Waals surface area contributed by atoms with E-state index in [1.54, 1.807) is 0 Å². The molecule has 0 saturated carbocycles. The SMILES string of the molecule is CC1CN(Cc2ccc(-n3cnc4ccccc43)cc2)CC1N. The summed E-state index contributed by atoms with van der Waals surface area (Å²) in [7, 11) is 0. The lowest BCUT2D eigenvalue weighted by Gasteiger charge is -2.15. The van der Waals surface area contributed by atoms with Crippen molar-refractivity contribution in [2.75, 3.05) is 13.1 Å². The van der Waals surface area contributed by atoms with Crippen molar-refractivity contribution in [1.29, 1.82) is 0 Å². The zero-order valence-electron chi connectivity index (χ0n) is 13.4. The number of fused-ring (bicyclic) bond motifs is 1. The Morgan fingerprint density at radius 3 is 2.61 bits per heavy atom. The number of benzene rings is 2. The predicted molar refractivity (Wildman–Crippen MR) is 93.5 cm³/mol. The molecule has 23 heavy (non-hydrogen) atoms. The van der Waals surface area contributed by atoms with Gasteiger partial charge in [0.2, 0.25) is 0 Å². The minimum absolute atomic E-state index is 0.312. The van der Waals surface area contributed by atoms with Gasteiger partial charge >= 0.3 is 0 Å². The lowest BCUT2D eigenvalue weighted by molar-refractivity contribution is 0.319. The zero-order valence-corrected chi connectivity index (χ0v) is 13.4. The number of nitrogens with zero attached hydrogens (tertiary/aromatic N) is 3. The van der Waals surface area contributed by atoms with E-state index in [-0.39, 0.29) is 0 Å². The van der Waals surface area contributed by atoms with Crippen LogP contribution in [0.3, 0.4) is 0 Å². The Bertz CT molecular complexity index is 796. The first-order chi connectivity index (χ1) is 11.2. The molecule has 4 heteroatoms. The van der Waals surface area contributed by atoms with E-state index in [4.69, 9.17) is 5.73 Å². The number of likely N-dealkylation sites (tertiary alicyclic amines) is 1. The molecular formula is C19H22N4. The first-order valence-electron chi connectivity index (χ1n) is 8.20. The van der Waals surface area contributed by atoms with Crippen molar-refractivity contribution in [3.05, 3.63) is 60.4 Å². The molecule has 1 aliphatic heterocycles. The highest BCUT2D eigenvalue weighted by Crippen LogP contribution is 2.20. The van der Waals surface area contributed by atoms with Crippen molar-refractivity contribution >= 4 is 11.0 Å². The Balaban J connectivity index is 1.54. The Labute approximate surface area is 136 Å². The van der Waals surface area contributed by atoms with E-state index >= 15 is 0 Å². The first kappa shape index (κ1) is 14.4. The third kappa shape index (κ3) is 2.76. The number of para-hydroxylation sites is 2. The summed E-state index contributed by atoms with van der Waals surface area (Å²) in [5, 5.41) is 0. The van der Waals surface area contributed by atoms with Gasteiger partial charge in [0, 0.05) is 31.4 Å². The second kappa shape index (κ2) is 5.80. The summed E-state index contributed by atoms with van der Waals surface area (Å²) in [6.45, 7) is 5.30. The largest absolute Gasteiger partial charge is 0.326 e. The molecule has 1 fully saturated rings. The second-order valence-electron chi connectivity index (χ2n) is 6.60. The fourth-order valence-corrected chi connectivity index (χ4v) is 3.41. The molecule has 0 radical (unpaired) electrons. The zero-order chi connectivity index (χ0) is 15.8. The standard InChI is InChI=1S/C19H22N4/c1-14-10-22(12-17(14)20)11-15-6-8-16(9-7-15)23-13-21-18-4-2-3-5-19(18)23/h2-9,13-14,17H,10-12,20H2,1H3. The highest BCUT2D eigenvalue weighted by molar-refractivity contribution is 5.77. The van der Waals surface area contributed by atoms with E-state index in [2.05, 4.69) is 51.7 Å². The van der Waals surface area contributed by atoms with E-state index in [1.165, 1.54) is 5.56 Å². The number of imidazole rings is 1. The van der Waals surface area contributed by atoms with Crippen LogP contribution in [0.1, 0.15) is 12.5 Å². The minimum Gasteiger partial charge on any atom is -0.326 e. The molecule has 2 unspecified atom stereocenters. The number of hydrogen-bond donors (Lipinski definition) is 1. The molecule has 4 nitrogen and oxygen atoms in total. The van der Waals surface area contributed by atoms with Crippen molar-refractivity contribution in [3.63, 3.8) is 0 Å². The molecule has 0 spiro atoms. The van der Waals surface area contributed by atoms with Crippen LogP contribution in [0.5, 0.6) is 0 Å². The van der Waals surface area contributed by atoms with Crippen molar-refractivity contribution in [3.8, 4) is 5.69 Å². The Kier molecular flexibility index (Phi) is 3.63. The van der Waals surface area contributed by atoms with Gasteiger partial charge in [-0.05, 0) is 35.7 Å². The lowest BCUT2D eigenvalue weighted by Crippen LogP contribution is -2.28. The van der Waals surface area contributed by atoms with Gasteiger partial charge < -0.3 is 5.73 Å². The predicted octanol–water partition coefficient (Wildman–Crippen LogP) is 2.80. The third-order valence-corrected chi connectivity index (χ3v) is 4.82. The van der Waals surface area contributed by atoms with E-state index in [0.29, 0.717) is 12.0 Å². The minimum atomic E-state index is 0.312. The van der Waals surface area contributed by atoms with Crippen LogP contribution in [0, 0.1) is 5.92 Å². The average Bonchev–Trinajstić information content (AvgIpc) is 3.12. The topological polar surface area (TPSA) is 47.1 Å². The number of aromatic nitrogens is 2. The van der Waals surface area contributed by atoms with Crippen molar-refractivity contribution in [2.45, 2.75) is 19.5 Å². The van der Waals surface area contributed by atoms with E-state index < -0.39 is 0 Å². The maximum Gasteiger partial charge on any atom is 0.100 e. The van der Waals surface area contributed by atoms with Crippen molar-refractivity contribution in [1.82, 2.24) is 14.5 Å². The van der Waals surface area contributed by atoms with Crippen molar-refractivity contribution in [2.24, 2.45) is 11.7 Å². The monoisotopic (exact) mass is 306 g/mol. The quantitative estimate of drug-likeness (QED) is 0.809. The smallest absolute Gasteiger partial charge is 0.100 e. The van der Waals surface area contributed by atoms with Crippen LogP contribution in [0.2, 0.25) is 0 Å². The second-order valence-corrected chi connectivity index (χ2v) is 6.60. The molecule has 0 bridgehead atoms. The Morgan fingerprint density at radius 2 is 1.87 bits per heavy atom. The average molecular weight is 306 g/mol.